The molecule has 0 N–H and O–H groups in total. The minimum absolute atomic E-state index is 1.05. The monoisotopic (exact) mass is 346 g/mol. The molecule has 0 spiro atoms. The SMILES string of the molecule is [CH2]CCCCC#CCCCCCCCCCCCCCCCCC[CH2]. The van der Waals surface area contributed by atoms with Crippen molar-refractivity contribution in [3.05, 3.63) is 13.8 Å². The minimum Gasteiger partial charge on any atom is -0.103 e. The van der Waals surface area contributed by atoms with Crippen LogP contribution in [0.1, 0.15) is 135 Å². The van der Waals surface area contributed by atoms with Crippen molar-refractivity contribution in [3.63, 3.8) is 0 Å². The molecule has 0 rings (SSSR count). The topological polar surface area (TPSA) is 0 Å². The molecule has 0 nitrogen and oxygen atoms in total. The van der Waals surface area contributed by atoms with Crippen LogP contribution in [0, 0.1) is 25.7 Å². The van der Waals surface area contributed by atoms with Crippen LogP contribution in [0.3, 0.4) is 0 Å². The smallest absolute Gasteiger partial charge is 0.00886 e. The first-order valence-corrected chi connectivity index (χ1v) is 11.5. The van der Waals surface area contributed by atoms with E-state index in [-0.39, 0.29) is 0 Å². The van der Waals surface area contributed by atoms with Gasteiger partial charge in [-0.2, -0.15) is 0 Å². The molecule has 0 aromatic carbocycles. The predicted molar refractivity (Wildman–Crippen MR) is 115 cm³/mol. The third-order valence-electron chi connectivity index (χ3n) is 4.98. The Morgan fingerprint density at radius 2 is 0.560 bits per heavy atom. The molecule has 0 unspecified atom stereocenters. The lowest BCUT2D eigenvalue weighted by atomic mass is 10.0. The van der Waals surface area contributed by atoms with Crippen LogP contribution in [0.2, 0.25) is 0 Å². The second-order valence-corrected chi connectivity index (χ2v) is 7.57. The zero-order valence-electron chi connectivity index (χ0n) is 17.3. The summed E-state index contributed by atoms with van der Waals surface area (Å²) in [5, 5.41) is 0. The van der Waals surface area contributed by atoms with Crippen LogP contribution in [0.15, 0.2) is 0 Å². The van der Waals surface area contributed by atoms with E-state index in [0.29, 0.717) is 0 Å². The van der Waals surface area contributed by atoms with Crippen LogP contribution in [0.25, 0.3) is 0 Å². The summed E-state index contributed by atoms with van der Waals surface area (Å²) in [6.45, 7) is 7.76. The molecule has 0 aliphatic rings. The van der Waals surface area contributed by atoms with E-state index in [1.807, 2.05) is 0 Å². The van der Waals surface area contributed by atoms with E-state index < -0.39 is 0 Å². The molecule has 0 heteroatoms. The summed E-state index contributed by atoms with van der Waals surface area (Å²) in [5.41, 5.74) is 0. The average molecular weight is 347 g/mol. The average Bonchev–Trinajstić information content (AvgIpc) is 2.63. The lowest BCUT2D eigenvalue weighted by Gasteiger charge is -2.03. The molecular formula is C25H46. The highest BCUT2D eigenvalue weighted by Gasteiger charge is 1.94. The van der Waals surface area contributed by atoms with Crippen molar-refractivity contribution in [1.82, 2.24) is 0 Å². The molecule has 0 aliphatic carbocycles. The largest absolute Gasteiger partial charge is 0.103 e. The zero-order valence-corrected chi connectivity index (χ0v) is 17.3. The highest BCUT2D eigenvalue weighted by atomic mass is 14.0. The van der Waals surface area contributed by atoms with Gasteiger partial charge in [-0.15, -0.1) is 11.8 Å². The normalized spacial score (nSPS) is 10.6. The van der Waals surface area contributed by atoms with E-state index in [1.165, 1.54) is 109 Å². The van der Waals surface area contributed by atoms with Crippen molar-refractivity contribution in [1.29, 1.82) is 0 Å². The summed E-state index contributed by atoms with van der Waals surface area (Å²) in [5.74, 6) is 6.61. The van der Waals surface area contributed by atoms with Gasteiger partial charge in [0.05, 0.1) is 0 Å². The third-order valence-corrected chi connectivity index (χ3v) is 4.98. The number of hydrogen-bond acceptors (Lipinski definition) is 0. The van der Waals surface area contributed by atoms with E-state index in [2.05, 4.69) is 25.7 Å². The van der Waals surface area contributed by atoms with Gasteiger partial charge < -0.3 is 0 Å². The van der Waals surface area contributed by atoms with E-state index in [0.717, 1.165) is 25.7 Å². The van der Waals surface area contributed by atoms with Crippen molar-refractivity contribution in [2.75, 3.05) is 0 Å². The highest BCUT2D eigenvalue weighted by Crippen LogP contribution is 2.13. The zero-order chi connectivity index (χ0) is 18.3. The maximum absolute atomic E-state index is 3.90. The Balaban J connectivity index is 3.02. The van der Waals surface area contributed by atoms with Crippen molar-refractivity contribution >= 4 is 0 Å². The summed E-state index contributed by atoms with van der Waals surface area (Å²) in [6.07, 6.45) is 28.1. The van der Waals surface area contributed by atoms with Gasteiger partial charge in [0.1, 0.15) is 0 Å². The van der Waals surface area contributed by atoms with Gasteiger partial charge >= 0.3 is 0 Å². The standard InChI is InChI=1S/C25H46/c1-3-5-7-9-11-13-15-17-19-21-23-25-24-22-20-18-16-14-12-10-8-6-4-2/h1-11,13,15-25H2. The lowest BCUT2D eigenvalue weighted by Crippen LogP contribution is -1.83. The lowest BCUT2D eigenvalue weighted by molar-refractivity contribution is 0.531. The fourth-order valence-corrected chi connectivity index (χ4v) is 3.26. The van der Waals surface area contributed by atoms with Crippen LogP contribution in [-0.4, -0.2) is 0 Å². The van der Waals surface area contributed by atoms with Crippen molar-refractivity contribution in [2.24, 2.45) is 0 Å². The van der Waals surface area contributed by atoms with Gasteiger partial charge in [0.25, 0.3) is 0 Å². The molecule has 0 saturated heterocycles. The number of rotatable bonds is 19. The quantitative estimate of drug-likeness (QED) is 0.162. The van der Waals surface area contributed by atoms with E-state index >= 15 is 0 Å². The molecule has 25 heavy (non-hydrogen) atoms. The van der Waals surface area contributed by atoms with E-state index in [4.69, 9.17) is 0 Å². The summed E-state index contributed by atoms with van der Waals surface area (Å²) < 4.78 is 0. The Morgan fingerprint density at radius 3 is 0.920 bits per heavy atom. The molecular weight excluding hydrogens is 300 g/mol. The molecule has 0 aromatic rings. The Morgan fingerprint density at radius 1 is 0.320 bits per heavy atom. The van der Waals surface area contributed by atoms with Crippen molar-refractivity contribution in [2.45, 2.75) is 135 Å². The molecule has 146 valence electrons. The van der Waals surface area contributed by atoms with Gasteiger partial charge in [-0.3, -0.25) is 0 Å². The molecule has 2 radical (unpaired) electrons. The van der Waals surface area contributed by atoms with Gasteiger partial charge in [-0.25, -0.2) is 0 Å². The van der Waals surface area contributed by atoms with Crippen LogP contribution < -0.4 is 0 Å². The second kappa shape index (κ2) is 23.6. The van der Waals surface area contributed by atoms with Crippen LogP contribution in [0.5, 0.6) is 0 Å². The first-order chi connectivity index (χ1) is 12.4. The summed E-state index contributed by atoms with van der Waals surface area (Å²) >= 11 is 0. The predicted octanol–water partition coefficient (Wildman–Crippen LogP) is 8.85. The van der Waals surface area contributed by atoms with E-state index in [1.54, 1.807) is 0 Å². The molecule has 0 amide bonds. The van der Waals surface area contributed by atoms with E-state index in [9.17, 15) is 0 Å². The Hall–Kier alpha value is -0.440. The molecule has 0 aromatic heterocycles. The van der Waals surface area contributed by atoms with Crippen molar-refractivity contribution < 1.29 is 0 Å². The third kappa shape index (κ3) is 23.6. The van der Waals surface area contributed by atoms with Gasteiger partial charge in [-0.05, 0) is 12.8 Å². The highest BCUT2D eigenvalue weighted by molar-refractivity contribution is 4.98. The molecule has 0 saturated carbocycles. The van der Waals surface area contributed by atoms with Crippen LogP contribution >= 0.6 is 0 Å². The molecule has 0 fully saturated rings. The van der Waals surface area contributed by atoms with Gasteiger partial charge in [0.2, 0.25) is 0 Å². The number of hydrogen-bond donors (Lipinski definition) is 0. The first-order valence-electron chi connectivity index (χ1n) is 11.5. The van der Waals surface area contributed by atoms with Crippen LogP contribution in [0.4, 0.5) is 0 Å². The maximum atomic E-state index is 3.90. The molecule has 0 heterocycles. The fraction of sp³-hybridized carbons (Fsp3) is 0.840. The fourth-order valence-electron chi connectivity index (χ4n) is 3.26. The number of unbranched alkanes of at least 4 members (excludes halogenated alkanes) is 19. The summed E-state index contributed by atoms with van der Waals surface area (Å²) in [4.78, 5) is 0. The Bertz CT molecular complexity index is 280. The summed E-state index contributed by atoms with van der Waals surface area (Å²) in [6, 6.07) is 0. The Kier molecular flexibility index (Phi) is 23.1. The first kappa shape index (κ1) is 24.6. The Labute approximate surface area is 160 Å². The van der Waals surface area contributed by atoms with Gasteiger partial charge in [0, 0.05) is 12.8 Å². The molecule has 0 bridgehead atoms. The molecule has 0 aliphatic heterocycles. The maximum Gasteiger partial charge on any atom is 0.00886 e. The summed E-state index contributed by atoms with van der Waals surface area (Å²) in [7, 11) is 0. The molecule has 0 atom stereocenters. The minimum atomic E-state index is 1.05. The van der Waals surface area contributed by atoms with Crippen LogP contribution in [-0.2, 0) is 0 Å². The van der Waals surface area contributed by atoms with Gasteiger partial charge in [0.15, 0.2) is 0 Å². The second-order valence-electron chi connectivity index (χ2n) is 7.57. The van der Waals surface area contributed by atoms with Gasteiger partial charge in [-0.1, -0.05) is 123 Å². The van der Waals surface area contributed by atoms with Crippen molar-refractivity contribution in [3.8, 4) is 11.8 Å².